The van der Waals surface area contributed by atoms with E-state index < -0.39 is 0 Å². The quantitative estimate of drug-likeness (QED) is 0.898. The molecule has 0 bridgehead atoms. The molecule has 0 aromatic carbocycles. The number of aromatic nitrogens is 2. The lowest BCUT2D eigenvalue weighted by molar-refractivity contribution is -0.114. The third-order valence-corrected chi connectivity index (χ3v) is 4.80. The maximum absolute atomic E-state index is 12.5. The fourth-order valence-corrected chi connectivity index (χ4v) is 3.35. The Hall–Kier alpha value is -2.76. The largest absolute Gasteiger partial charge is 0.339 e. The van der Waals surface area contributed by atoms with Crippen LogP contribution in [-0.2, 0) is 11.2 Å². The summed E-state index contributed by atoms with van der Waals surface area (Å²) < 4.78 is 0. The Morgan fingerprint density at radius 2 is 1.88 bits per heavy atom. The van der Waals surface area contributed by atoms with Gasteiger partial charge in [0.15, 0.2) is 0 Å². The third kappa shape index (κ3) is 4.88. The van der Waals surface area contributed by atoms with Crippen molar-refractivity contribution in [2.75, 3.05) is 18.4 Å². The monoisotopic (exact) mass is 352 g/mol. The highest BCUT2D eigenvalue weighted by Crippen LogP contribution is 2.24. The Morgan fingerprint density at radius 1 is 1.15 bits per heavy atom. The first-order valence-electron chi connectivity index (χ1n) is 9.03. The number of rotatable bonds is 5. The van der Waals surface area contributed by atoms with Gasteiger partial charge >= 0.3 is 0 Å². The predicted octanol–water partition coefficient (Wildman–Crippen LogP) is 2.92. The van der Waals surface area contributed by atoms with Gasteiger partial charge in [0.05, 0.1) is 0 Å². The van der Waals surface area contributed by atoms with E-state index in [2.05, 4.69) is 15.3 Å². The highest BCUT2D eigenvalue weighted by atomic mass is 16.2. The number of carbonyl (C=O) groups is 2. The van der Waals surface area contributed by atoms with Gasteiger partial charge in [0, 0.05) is 44.2 Å². The van der Waals surface area contributed by atoms with Crippen molar-refractivity contribution in [1.82, 2.24) is 14.9 Å². The van der Waals surface area contributed by atoms with E-state index in [0.29, 0.717) is 17.3 Å². The normalized spacial score (nSPS) is 14.9. The first-order valence-corrected chi connectivity index (χ1v) is 9.03. The zero-order valence-corrected chi connectivity index (χ0v) is 15.0. The molecular formula is C20H24N4O2. The molecule has 0 saturated carbocycles. The number of piperidine rings is 1. The number of aryl methyl sites for hydroxylation is 1. The van der Waals surface area contributed by atoms with Gasteiger partial charge in [-0.15, -0.1) is 0 Å². The van der Waals surface area contributed by atoms with Crippen LogP contribution in [0.2, 0.25) is 0 Å². The molecule has 0 radical (unpaired) electrons. The van der Waals surface area contributed by atoms with E-state index in [0.717, 1.165) is 38.8 Å². The highest BCUT2D eigenvalue weighted by molar-refractivity contribution is 5.94. The van der Waals surface area contributed by atoms with E-state index in [1.165, 1.54) is 12.5 Å². The summed E-state index contributed by atoms with van der Waals surface area (Å²) in [7, 11) is 0. The van der Waals surface area contributed by atoms with Gasteiger partial charge in [-0.3, -0.25) is 14.6 Å². The summed E-state index contributed by atoms with van der Waals surface area (Å²) >= 11 is 0. The van der Waals surface area contributed by atoms with E-state index in [1.54, 1.807) is 30.7 Å². The molecular weight excluding hydrogens is 328 g/mol. The van der Waals surface area contributed by atoms with E-state index in [1.807, 2.05) is 17.0 Å². The molecule has 0 atom stereocenters. The summed E-state index contributed by atoms with van der Waals surface area (Å²) in [6.07, 6.45) is 9.14. The molecule has 1 aliphatic heterocycles. The van der Waals surface area contributed by atoms with Crippen LogP contribution in [0.3, 0.4) is 0 Å². The van der Waals surface area contributed by atoms with Crippen LogP contribution >= 0.6 is 0 Å². The Bertz CT molecular complexity index is 755. The minimum atomic E-state index is -0.110. The molecule has 1 N–H and O–H groups in total. The van der Waals surface area contributed by atoms with Crippen molar-refractivity contribution in [3.05, 3.63) is 54.0 Å². The summed E-state index contributed by atoms with van der Waals surface area (Å²) in [5.74, 6) is 1.21. The number of amides is 2. The number of anilines is 1. The van der Waals surface area contributed by atoms with Gasteiger partial charge in [0.1, 0.15) is 5.82 Å². The van der Waals surface area contributed by atoms with Crippen molar-refractivity contribution in [3.8, 4) is 0 Å². The molecule has 1 saturated heterocycles. The van der Waals surface area contributed by atoms with Gasteiger partial charge in [0.2, 0.25) is 5.91 Å². The molecule has 2 aromatic rings. The molecule has 3 heterocycles. The topological polar surface area (TPSA) is 75.2 Å². The predicted molar refractivity (Wildman–Crippen MR) is 99.7 cm³/mol. The van der Waals surface area contributed by atoms with Gasteiger partial charge in [-0.2, -0.15) is 0 Å². The van der Waals surface area contributed by atoms with E-state index in [4.69, 9.17) is 0 Å². The van der Waals surface area contributed by atoms with Crippen molar-refractivity contribution in [3.63, 3.8) is 0 Å². The Labute approximate surface area is 153 Å². The number of likely N-dealkylation sites (tertiary alicyclic amines) is 1. The van der Waals surface area contributed by atoms with Gasteiger partial charge in [-0.25, -0.2) is 4.98 Å². The molecule has 1 aliphatic rings. The number of hydrogen-bond donors (Lipinski definition) is 1. The van der Waals surface area contributed by atoms with Crippen molar-refractivity contribution in [1.29, 1.82) is 0 Å². The van der Waals surface area contributed by atoms with Crippen LogP contribution in [0.1, 0.15) is 42.1 Å². The van der Waals surface area contributed by atoms with E-state index in [9.17, 15) is 9.59 Å². The summed E-state index contributed by atoms with van der Waals surface area (Å²) in [4.78, 5) is 33.7. The first-order chi connectivity index (χ1) is 12.6. The molecule has 1 fully saturated rings. The Balaban J connectivity index is 1.47. The summed E-state index contributed by atoms with van der Waals surface area (Å²) in [6.45, 7) is 3.09. The second-order valence-corrected chi connectivity index (χ2v) is 6.74. The van der Waals surface area contributed by atoms with E-state index in [-0.39, 0.29) is 11.8 Å². The van der Waals surface area contributed by atoms with Gasteiger partial charge in [0.25, 0.3) is 5.91 Å². The average Bonchev–Trinajstić information content (AvgIpc) is 2.67. The maximum Gasteiger partial charge on any atom is 0.253 e. The second kappa shape index (κ2) is 8.56. The van der Waals surface area contributed by atoms with Crippen molar-refractivity contribution >= 4 is 17.6 Å². The van der Waals surface area contributed by atoms with Gasteiger partial charge in [-0.1, -0.05) is 0 Å². The SMILES string of the molecule is CC(=O)Nc1cc(CCC2CCN(C(=O)c3ccncc3)CC2)ccn1. The van der Waals surface area contributed by atoms with Gasteiger partial charge in [-0.05, 0) is 61.4 Å². The van der Waals surface area contributed by atoms with Crippen LogP contribution in [0.15, 0.2) is 42.9 Å². The lowest BCUT2D eigenvalue weighted by Gasteiger charge is -2.32. The smallest absolute Gasteiger partial charge is 0.253 e. The zero-order valence-electron chi connectivity index (χ0n) is 15.0. The van der Waals surface area contributed by atoms with Gasteiger partial charge < -0.3 is 10.2 Å². The molecule has 6 nitrogen and oxygen atoms in total. The molecule has 6 heteroatoms. The number of pyridine rings is 2. The minimum Gasteiger partial charge on any atom is -0.339 e. The third-order valence-electron chi connectivity index (χ3n) is 4.80. The van der Waals surface area contributed by atoms with Crippen LogP contribution in [0.25, 0.3) is 0 Å². The zero-order chi connectivity index (χ0) is 18.4. The fraction of sp³-hybridized carbons (Fsp3) is 0.400. The number of nitrogens with zero attached hydrogens (tertiary/aromatic N) is 3. The Kier molecular flexibility index (Phi) is 5.94. The summed E-state index contributed by atoms with van der Waals surface area (Å²) in [5, 5.41) is 2.72. The van der Waals surface area contributed by atoms with Crippen LogP contribution < -0.4 is 5.32 Å². The Morgan fingerprint density at radius 3 is 2.58 bits per heavy atom. The fourth-order valence-electron chi connectivity index (χ4n) is 3.35. The highest BCUT2D eigenvalue weighted by Gasteiger charge is 2.23. The molecule has 3 rings (SSSR count). The lowest BCUT2D eigenvalue weighted by Crippen LogP contribution is -2.38. The second-order valence-electron chi connectivity index (χ2n) is 6.74. The lowest BCUT2D eigenvalue weighted by atomic mass is 9.90. The number of nitrogens with one attached hydrogen (secondary N) is 1. The van der Waals surface area contributed by atoms with Crippen molar-refractivity contribution in [2.45, 2.75) is 32.6 Å². The van der Waals surface area contributed by atoms with Crippen LogP contribution in [0.4, 0.5) is 5.82 Å². The minimum absolute atomic E-state index is 0.0972. The van der Waals surface area contributed by atoms with E-state index >= 15 is 0 Å². The molecule has 26 heavy (non-hydrogen) atoms. The standard InChI is InChI=1S/C20H24N4O2/c1-15(25)23-19-14-17(4-11-22-19)3-2-16-7-12-24(13-8-16)20(26)18-5-9-21-10-6-18/h4-6,9-11,14,16H,2-3,7-8,12-13H2,1H3,(H,22,23,25). The number of hydrogen-bond acceptors (Lipinski definition) is 4. The average molecular weight is 352 g/mol. The molecule has 2 amide bonds. The van der Waals surface area contributed by atoms with Crippen molar-refractivity contribution < 1.29 is 9.59 Å². The first kappa shape index (κ1) is 18.0. The molecule has 136 valence electrons. The molecule has 0 spiro atoms. The maximum atomic E-state index is 12.5. The summed E-state index contributed by atoms with van der Waals surface area (Å²) in [5.41, 5.74) is 1.89. The number of carbonyl (C=O) groups excluding carboxylic acids is 2. The molecule has 0 unspecified atom stereocenters. The molecule has 0 aliphatic carbocycles. The summed E-state index contributed by atoms with van der Waals surface area (Å²) in [6, 6.07) is 7.46. The van der Waals surface area contributed by atoms with Crippen LogP contribution in [-0.4, -0.2) is 39.8 Å². The van der Waals surface area contributed by atoms with Crippen molar-refractivity contribution in [2.24, 2.45) is 5.92 Å². The van der Waals surface area contributed by atoms with Crippen LogP contribution in [0, 0.1) is 5.92 Å². The van der Waals surface area contributed by atoms with Crippen LogP contribution in [0.5, 0.6) is 0 Å². The molecule has 2 aromatic heterocycles.